The molecule has 0 aliphatic rings. The molecule has 0 amide bonds. The van der Waals surface area contributed by atoms with Crippen LogP contribution in [-0.4, -0.2) is 9.55 Å². The van der Waals surface area contributed by atoms with E-state index in [2.05, 4.69) is 4.98 Å². The first-order valence-electron chi connectivity index (χ1n) is 9.13. The Labute approximate surface area is 155 Å². The van der Waals surface area contributed by atoms with E-state index in [-0.39, 0.29) is 28.1 Å². The Kier molecular flexibility index (Phi) is 4.36. The number of aromatic nitrogens is 2. The van der Waals surface area contributed by atoms with Crippen LogP contribution in [0.15, 0.2) is 68.6 Å². The summed E-state index contributed by atoms with van der Waals surface area (Å²) in [5.41, 5.74) is 0.867. The first-order valence-corrected chi connectivity index (χ1v) is 9.13. The van der Waals surface area contributed by atoms with Crippen LogP contribution in [0.5, 0.6) is 0 Å². The fraction of sp³-hybridized carbons (Fsp3) is 0.227. The number of hydrogen-bond acceptors (Lipinski definition) is 4. The fourth-order valence-corrected chi connectivity index (χ4v) is 3.49. The van der Waals surface area contributed by atoms with Crippen LogP contribution in [0.1, 0.15) is 37.7 Å². The third kappa shape index (κ3) is 2.85. The predicted molar refractivity (Wildman–Crippen MR) is 106 cm³/mol. The van der Waals surface area contributed by atoms with Crippen molar-refractivity contribution in [3.05, 3.63) is 86.6 Å². The second kappa shape index (κ2) is 6.83. The van der Waals surface area contributed by atoms with Crippen LogP contribution >= 0.6 is 0 Å². The summed E-state index contributed by atoms with van der Waals surface area (Å²) in [6.45, 7) is 3.98. The molecule has 1 atom stereocenters. The van der Waals surface area contributed by atoms with E-state index in [0.717, 1.165) is 12.0 Å². The summed E-state index contributed by atoms with van der Waals surface area (Å²) in [6.07, 6.45) is 1.45. The number of benzene rings is 2. The largest absolute Gasteiger partial charge is 0.437 e. The zero-order chi connectivity index (χ0) is 19.0. The second-order valence-electron chi connectivity index (χ2n) is 6.65. The molecule has 0 bridgehead atoms. The van der Waals surface area contributed by atoms with Gasteiger partial charge in [-0.25, -0.2) is 0 Å². The Bertz CT molecular complexity index is 1240. The van der Waals surface area contributed by atoms with Gasteiger partial charge in [0, 0.05) is 6.42 Å². The van der Waals surface area contributed by atoms with E-state index >= 15 is 0 Å². The van der Waals surface area contributed by atoms with Gasteiger partial charge < -0.3 is 4.42 Å². The highest BCUT2D eigenvalue weighted by molar-refractivity contribution is 5.87. The van der Waals surface area contributed by atoms with E-state index < -0.39 is 0 Å². The van der Waals surface area contributed by atoms with Crippen LogP contribution in [-0.2, 0) is 6.42 Å². The molecule has 4 aromatic rings. The van der Waals surface area contributed by atoms with E-state index in [1.165, 1.54) is 0 Å². The molecule has 2 heterocycles. The molecule has 136 valence electrons. The number of nitrogens with zero attached hydrogens (tertiary/aromatic N) is 2. The van der Waals surface area contributed by atoms with E-state index in [1.807, 2.05) is 44.2 Å². The molecule has 0 radical (unpaired) electrons. The Morgan fingerprint density at radius 3 is 2.48 bits per heavy atom. The molecule has 5 heteroatoms. The highest BCUT2D eigenvalue weighted by atomic mass is 16.3. The van der Waals surface area contributed by atoms with Gasteiger partial charge in [-0.3, -0.25) is 14.2 Å². The SMILES string of the molecule is CCCc1nc2oc3ccccc3c(=O)c2c(=O)n1[C@H](C)c1ccccc1. The third-order valence-electron chi connectivity index (χ3n) is 4.86. The Morgan fingerprint density at radius 1 is 1.04 bits per heavy atom. The lowest BCUT2D eigenvalue weighted by Gasteiger charge is -2.19. The van der Waals surface area contributed by atoms with Gasteiger partial charge in [0.25, 0.3) is 5.56 Å². The molecule has 0 aliphatic heterocycles. The van der Waals surface area contributed by atoms with Crippen LogP contribution in [0.4, 0.5) is 0 Å². The van der Waals surface area contributed by atoms with Crippen molar-refractivity contribution in [2.24, 2.45) is 0 Å². The molecule has 0 fully saturated rings. The van der Waals surface area contributed by atoms with Crippen molar-refractivity contribution < 1.29 is 4.42 Å². The van der Waals surface area contributed by atoms with Gasteiger partial charge in [0.15, 0.2) is 5.39 Å². The summed E-state index contributed by atoms with van der Waals surface area (Å²) in [6, 6.07) is 16.5. The Hall–Kier alpha value is -3.21. The molecule has 2 aromatic carbocycles. The zero-order valence-electron chi connectivity index (χ0n) is 15.3. The smallest absolute Gasteiger partial charge is 0.269 e. The van der Waals surface area contributed by atoms with Gasteiger partial charge in [0.1, 0.15) is 11.4 Å². The lowest BCUT2D eigenvalue weighted by molar-refractivity contribution is 0.551. The molecule has 0 aliphatic carbocycles. The van der Waals surface area contributed by atoms with E-state index in [9.17, 15) is 9.59 Å². The van der Waals surface area contributed by atoms with E-state index in [4.69, 9.17) is 4.42 Å². The normalized spacial score (nSPS) is 12.5. The molecule has 5 nitrogen and oxygen atoms in total. The zero-order valence-corrected chi connectivity index (χ0v) is 15.3. The third-order valence-corrected chi connectivity index (χ3v) is 4.86. The first kappa shape index (κ1) is 17.2. The van der Waals surface area contributed by atoms with Crippen molar-refractivity contribution >= 4 is 22.1 Å². The molecule has 0 N–H and O–H groups in total. The van der Waals surface area contributed by atoms with Crippen LogP contribution in [0.2, 0.25) is 0 Å². The lowest BCUT2D eigenvalue weighted by Crippen LogP contribution is -2.31. The number of aryl methyl sites for hydroxylation is 1. The quantitative estimate of drug-likeness (QED) is 0.515. The average Bonchev–Trinajstić information content (AvgIpc) is 2.68. The van der Waals surface area contributed by atoms with Gasteiger partial charge in [-0.05, 0) is 31.0 Å². The average molecular weight is 360 g/mol. The molecule has 27 heavy (non-hydrogen) atoms. The predicted octanol–water partition coefficient (Wildman–Crippen LogP) is 4.06. The minimum Gasteiger partial charge on any atom is -0.437 e. The maximum atomic E-state index is 13.4. The highest BCUT2D eigenvalue weighted by Gasteiger charge is 2.21. The molecule has 0 spiro atoms. The molecule has 0 saturated carbocycles. The minimum absolute atomic E-state index is 0.0105. The topological polar surface area (TPSA) is 65.1 Å². The van der Waals surface area contributed by atoms with Gasteiger partial charge in [-0.2, -0.15) is 4.98 Å². The van der Waals surface area contributed by atoms with Crippen molar-refractivity contribution in [2.45, 2.75) is 32.7 Å². The summed E-state index contributed by atoms with van der Waals surface area (Å²) < 4.78 is 7.44. The van der Waals surface area contributed by atoms with Gasteiger partial charge in [-0.15, -0.1) is 0 Å². The summed E-state index contributed by atoms with van der Waals surface area (Å²) in [5, 5.41) is 0.405. The van der Waals surface area contributed by atoms with Crippen LogP contribution in [0.3, 0.4) is 0 Å². The molecule has 4 rings (SSSR count). The molecular weight excluding hydrogens is 340 g/mol. The standard InChI is InChI=1S/C22H20N2O3/c1-3-9-18-23-21-19(20(25)16-12-7-8-13-17(16)27-21)22(26)24(18)14(2)15-10-5-4-6-11-15/h4-8,10-14H,3,9H2,1-2H3/t14-/m1/s1. The molecule has 0 unspecified atom stereocenters. The maximum Gasteiger partial charge on any atom is 0.269 e. The Balaban J connectivity index is 2.08. The lowest BCUT2D eigenvalue weighted by atomic mass is 10.1. The fourth-order valence-electron chi connectivity index (χ4n) is 3.49. The molecule has 2 aromatic heterocycles. The van der Waals surface area contributed by atoms with Crippen molar-refractivity contribution in [2.75, 3.05) is 0 Å². The van der Waals surface area contributed by atoms with Crippen molar-refractivity contribution in [3.8, 4) is 0 Å². The summed E-state index contributed by atoms with van der Waals surface area (Å²) in [5.74, 6) is 0.629. The number of hydrogen-bond donors (Lipinski definition) is 0. The summed E-state index contributed by atoms with van der Waals surface area (Å²) in [4.78, 5) is 30.9. The Morgan fingerprint density at radius 2 is 1.74 bits per heavy atom. The first-order chi connectivity index (χ1) is 13.1. The van der Waals surface area contributed by atoms with E-state index in [0.29, 0.717) is 23.2 Å². The van der Waals surface area contributed by atoms with E-state index in [1.54, 1.807) is 28.8 Å². The van der Waals surface area contributed by atoms with Crippen LogP contribution in [0.25, 0.3) is 22.1 Å². The number of rotatable bonds is 4. The molecular formula is C22H20N2O3. The van der Waals surface area contributed by atoms with Crippen molar-refractivity contribution in [1.82, 2.24) is 9.55 Å². The highest BCUT2D eigenvalue weighted by Crippen LogP contribution is 2.21. The number of para-hydroxylation sites is 1. The van der Waals surface area contributed by atoms with Crippen molar-refractivity contribution in [3.63, 3.8) is 0 Å². The minimum atomic E-state index is -0.348. The molecule has 0 saturated heterocycles. The maximum absolute atomic E-state index is 13.4. The van der Waals surface area contributed by atoms with Crippen LogP contribution < -0.4 is 11.0 Å². The van der Waals surface area contributed by atoms with Gasteiger partial charge in [0.05, 0.1) is 11.4 Å². The van der Waals surface area contributed by atoms with Gasteiger partial charge >= 0.3 is 0 Å². The van der Waals surface area contributed by atoms with Gasteiger partial charge in [-0.1, -0.05) is 49.4 Å². The summed E-state index contributed by atoms with van der Waals surface area (Å²) >= 11 is 0. The monoisotopic (exact) mass is 360 g/mol. The van der Waals surface area contributed by atoms with Crippen molar-refractivity contribution in [1.29, 1.82) is 0 Å². The second-order valence-corrected chi connectivity index (χ2v) is 6.65. The summed E-state index contributed by atoms with van der Waals surface area (Å²) in [7, 11) is 0. The van der Waals surface area contributed by atoms with Crippen LogP contribution in [0, 0.1) is 0 Å². The number of fused-ring (bicyclic) bond motifs is 2. The van der Waals surface area contributed by atoms with Gasteiger partial charge in [0.2, 0.25) is 11.1 Å².